The van der Waals surface area contributed by atoms with Crippen LogP contribution in [-0.2, 0) is 20.7 Å². The van der Waals surface area contributed by atoms with Gasteiger partial charge in [-0.15, -0.1) is 0 Å². The zero-order chi connectivity index (χ0) is 27.9. The molecule has 0 bridgehead atoms. The number of carbonyl (C=O) groups excluding carboxylic acids is 3. The van der Waals surface area contributed by atoms with Gasteiger partial charge in [0.15, 0.2) is 0 Å². The molecule has 0 saturated heterocycles. The summed E-state index contributed by atoms with van der Waals surface area (Å²) >= 11 is 0. The smallest absolute Gasteiger partial charge is 0.408 e. The summed E-state index contributed by atoms with van der Waals surface area (Å²) in [6.07, 6.45) is 2.25. The highest BCUT2D eigenvalue weighted by atomic mass is 16.6. The zero-order valence-corrected chi connectivity index (χ0v) is 23.6. The number of aryl methyl sites for hydroxylation is 1. The number of benzene rings is 2. The fraction of sp³-hybridized carbons (Fsp3) is 0.516. The molecule has 2 aromatic rings. The molecule has 4 atom stereocenters. The first-order valence-corrected chi connectivity index (χ1v) is 13.7. The maximum absolute atomic E-state index is 14.4. The van der Waals surface area contributed by atoms with Gasteiger partial charge in [0.25, 0.3) is 0 Å². The fourth-order valence-corrected chi connectivity index (χ4v) is 4.62. The van der Waals surface area contributed by atoms with Crippen LogP contribution in [0.2, 0.25) is 0 Å². The molecule has 2 aromatic carbocycles. The van der Waals surface area contributed by atoms with Crippen LogP contribution in [0, 0.1) is 12.8 Å². The molecule has 1 fully saturated rings. The Morgan fingerprint density at radius 1 is 1.08 bits per heavy atom. The van der Waals surface area contributed by atoms with Crippen molar-refractivity contribution in [2.45, 2.75) is 91.0 Å². The van der Waals surface area contributed by atoms with E-state index in [-0.39, 0.29) is 30.2 Å². The lowest BCUT2D eigenvalue weighted by Crippen LogP contribution is -2.54. The molecule has 1 aliphatic carbocycles. The van der Waals surface area contributed by atoms with E-state index < -0.39 is 23.8 Å². The van der Waals surface area contributed by atoms with Crippen LogP contribution in [0.15, 0.2) is 54.6 Å². The Morgan fingerprint density at radius 3 is 2.34 bits per heavy atom. The molecule has 206 valence electrons. The van der Waals surface area contributed by atoms with E-state index >= 15 is 0 Å². The third-order valence-electron chi connectivity index (χ3n) is 6.66. The summed E-state index contributed by atoms with van der Waals surface area (Å²) in [6, 6.07) is 15.5. The van der Waals surface area contributed by atoms with Gasteiger partial charge in [-0.3, -0.25) is 9.59 Å². The molecule has 3 rings (SSSR count). The molecule has 1 saturated carbocycles. The summed E-state index contributed by atoms with van der Waals surface area (Å²) in [7, 11) is 0. The number of hydrogen-bond donors (Lipinski definition) is 2. The molecule has 0 aliphatic heterocycles. The monoisotopic (exact) mass is 521 g/mol. The van der Waals surface area contributed by atoms with E-state index in [9.17, 15) is 14.4 Å². The highest BCUT2D eigenvalue weighted by Crippen LogP contribution is 2.41. The molecule has 0 spiro atoms. The Balaban J connectivity index is 2.00. The van der Waals surface area contributed by atoms with Crippen molar-refractivity contribution in [2.75, 3.05) is 6.54 Å². The van der Waals surface area contributed by atoms with E-state index in [0.29, 0.717) is 6.54 Å². The van der Waals surface area contributed by atoms with Crippen molar-refractivity contribution < 1.29 is 19.1 Å². The number of alkyl carbamates (subject to hydrolysis) is 1. The Hall–Kier alpha value is -3.35. The van der Waals surface area contributed by atoms with Gasteiger partial charge >= 0.3 is 6.09 Å². The van der Waals surface area contributed by atoms with E-state index in [1.807, 2.05) is 61.5 Å². The van der Waals surface area contributed by atoms with E-state index in [1.54, 1.807) is 25.7 Å². The first-order chi connectivity index (χ1) is 18.0. The molecule has 38 heavy (non-hydrogen) atoms. The van der Waals surface area contributed by atoms with Crippen LogP contribution in [0.3, 0.4) is 0 Å². The average molecular weight is 522 g/mol. The van der Waals surface area contributed by atoms with Crippen LogP contribution in [0.5, 0.6) is 0 Å². The second kappa shape index (κ2) is 12.9. The molecule has 7 heteroatoms. The van der Waals surface area contributed by atoms with Gasteiger partial charge in [-0.05, 0) is 57.6 Å². The van der Waals surface area contributed by atoms with Crippen molar-refractivity contribution in [3.05, 3.63) is 71.3 Å². The number of nitrogens with zero attached hydrogens (tertiary/aromatic N) is 1. The fourth-order valence-electron chi connectivity index (χ4n) is 4.62. The molecular weight excluding hydrogens is 478 g/mol. The minimum atomic E-state index is -0.893. The van der Waals surface area contributed by atoms with Gasteiger partial charge < -0.3 is 20.3 Å². The molecule has 2 N–H and O–H groups in total. The lowest BCUT2D eigenvalue weighted by molar-refractivity contribution is -0.143. The second-order valence-electron chi connectivity index (χ2n) is 11.4. The maximum atomic E-state index is 14.4. The van der Waals surface area contributed by atoms with Crippen LogP contribution in [0.1, 0.15) is 76.6 Å². The van der Waals surface area contributed by atoms with Crippen LogP contribution in [0.4, 0.5) is 4.79 Å². The van der Waals surface area contributed by atoms with Crippen molar-refractivity contribution in [3.8, 4) is 0 Å². The van der Waals surface area contributed by atoms with Crippen LogP contribution >= 0.6 is 0 Å². The van der Waals surface area contributed by atoms with Gasteiger partial charge in [0.1, 0.15) is 17.7 Å². The quantitative estimate of drug-likeness (QED) is 0.392. The summed E-state index contributed by atoms with van der Waals surface area (Å²) in [6.45, 7) is 12.0. The van der Waals surface area contributed by atoms with Crippen LogP contribution in [-0.4, -0.2) is 47.0 Å². The molecule has 4 unspecified atom stereocenters. The highest BCUT2D eigenvalue weighted by molar-refractivity contribution is 5.92. The van der Waals surface area contributed by atoms with Crippen molar-refractivity contribution in [2.24, 2.45) is 5.92 Å². The Morgan fingerprint density at radius 2 is 1.76 bits per heavy atom. The molecule has 0 aromatic heterocycles. The maximum Gasteiger partial charge on any atom is 0.408 e. The van der Waals surface area contributed by atoms with Gasteiger partial charge in [-0.25, -0.2) is 4.79 Å². The van der Waals surface area contributed by atoms with E-state index in [0.717, 1.165) is 36.0 Å². The van der Waals surface area contributed by atoms with E-state index in [2.05, 4.69) is 24.5 Å². The van der Waals surface area contributed by atoms with Crippen LogP contribution in [0.25, 0.3) is 0 Å². The Labute approximate surface area is 227 Å². The van der Waals surface area contributed by atoms with Gasteiger partial charge in [-0.1, -0.05) is 80.4 Å². The van der Waals surface area contributed by atoms with Crippen molar-refractivity contribution in [3.63, 3.8) is 0 Å². The number of nitrogens with one attached hydrogen (secondary N) is 2. The van der Waals surface area contributed by atoms with Gasteiger partial charge in [0, 0.05) is 19.0 Å². The minimum absolute atomic E-state index is 0.0938. The van der Waals surface area contributed by atoms with E-state index in [1.165, 1.54) is 0 Å². The number of unbranched alkanes of at least 4 members (excludes halogenated alkanes) is 1. The predicted octanol–water partition coefficient (Wildman–Crippen LogP) is 5.33. The van der Waals surface area contributed by atoms with E-state index in [4.69, 9.17) is 4.74 Å². The van der Waals surface area contributed by atoms with Crippen molar-refractivity contribution in [1.82, 2.24) is 15.5 Å². The van der Waals surface area contributed by atoms with Crippen molar-refractivity contribution in [1.29, 1.82) is 0 Å². The zero-order valence-electron chi connectivity index (χ0n) is 23.6. The summed E-state index contributed by atoms with van der Waals surface area (Å²) in [4.78, 5) is 42.6. The predicted molar refractivity (Wildman–Crippen MR) is 150 cm³/mol. The summed E-state index contributed by atoms with van der Waals surface area (Å²) in [5.74, 6) is -0.230. The first-order valence-electron chi connectivity index (χ1n) is 13.7. The van der Waals surface area contributed by atoms with Crippen LogP contribution < -0.4 is 10.6 Å². The summed E-state index contributed by atoms with van der Waals surface area (Å²) in [5.41, 5.74) is 1.98. The number of ether oxygens (including phenoxy) is 1. The minimum Gasteiger partial charge on any atom is -0.444 e. The Kier molecular flexibility index (Phi) is 9.95. The van der Waals surface area contributed by atoms with Gasteiger partial charge in [0.05, 0.1) is 0 Å². The van der Waals surface area contributed by atoms with Crippen molar-refractivity contribution >= 4 is 17.9 Å². The summed E-state index contributed by atoms with van der Waals surface area (Å²) < 4.78 is 5.51. The topological polar surface area (TPSA) is 87.7 Å². The molecule has 3 amide bonds. The molecule has 0 heterocycles. The number of rotatable bonds is 11. The third-order valence-corrected chi connectivity index (χ3v) is 6.66. The second-order valence-corrected chi connectivity index (χ2v) is 11.4. The Bertz CT molecular complexity index is 1100. The number of amides is 3. The van der Waals surface area contributed by atoms with Gasteiger partial charge in [0.2, 0.25) is 11.8 Å². The largest absolute Gasteiger partial charge is 0.444 e. The molecule has 0 radical (unpaired) electrons. The molecule has 1 aliphatic rings. The SMILES string of the molecule is CCCCNC(=O)C(c1cccc(C)c1)N(C(=O)C(Cc1ccccc1)NC(=O)OC(C)(C)C)C1CC1C. The lowest BCUT2D eigenvalue weighted by atomic mass is 9.98. The summed E-state index contributed by atoms with van der Waals surface area (Å²) in [5, 5.41) is 5.87. The molecular formula is C31H43N3O4. The average Bonchev–Trinajstić information content (AvgIpc) is 3.56. The number of hydrogen-bond acceptors (Lipinski definition) is 4. The first kappa shape index (κ1) is 29.2. The number of carbonyl (C=O) groups is 3. The lowest BCUT2D eigenvalue weighted by Gasteiger charge is -2.35. The highest BCUT2D eigenvalue weighted by Gasteiger charge is 2.48. The van der Waals surface area contributed by atoms with Gasteiger partial charge in [-0.2, -0.15) is 0 Å². The standard InChI is InChI=1S/C31H43N3O4/c1-7-8-17-32-28(35)27(24-16-12-13-21(2)18-24)34(26-19-22(26)3)29(36)25(20-23-14-10-9-11-15-23)33-30(37)38-31(4,5)6/h9-16,18,22,25-27H,7-8,17,19-20H2,1-6H3,(H,32,35)(H,33,37). The molecule has 7 nitrogen and oxygen atoms in total. The normalized spacial score (nSPS) is 18.2. The third kappa shape index (κ3) is 8.33.